The van der Waals surface area contributed by atoms with Crippen molar-refractivity contribution in [2.75, 3.05) is 32.7 Å². The highest BCUT2D eigenvalue weighted by Crippen LogP contribution is 2.07. The predicted octanol–water partition coefficient (Wildman–Crippen LogP) is 1.44. The number of guanidine groups is 1. The van der Waals surface area contributed by atoms with E-state index in [0.29, 0.717) is 0 Å². The van der Waals surface area contributed by atoms with Crippen molar-refractivity contribution in [1.82, 2.24) is 15.5 Å². The van der Waals surface area contributed by atoms with Crippen LogP contribution in [0.1, 0.15) is 40.5 Å². The Balaban J connectivity index is 2.35. The van der Waals surface area contributed by atoms with Gasteiger partial charge in [0, 0.05) is 31.7 Å². The van der Waals surface area contributed by atoms with Gasteiger partial charge in [-0.15, -0.1) is 0 Å². The van der Waals surface area contributed by atoms with E-state index in [1.54, 1.807) is 0 Å². The molecule has 4 nitrogen and oxygen atoms in total. The molecule has 0 unspecified atom stereocenters. The van der Waals surface area contributed by atoms with Crippen molar-refractivity contribution >= 4 is 5.96 Å². The van der Waals surface area contributed by atoms with E-state index in [0.717, 1.165) is 38.7 Å². The molecule has 0 spiro atoms. The van der Waals surface area contributed by atoms with Gasteiger partial charge in [-0.2, -0.15) is 0 Å². The van der Waals surface area contributed by atoms with E-state index in [9.17, 15) is 0 Å². The van der Waals surface area contributed by atoms with Gasteiger partial charge in [-0.05, 0) is 40.5 Å². The van der Waals surface area contributed by atoms with Crippen LogP contribution in [0.25, 0.3) is 0 Å². The van der Waals surface area contributed by atoms with Gasteiger partial charge >= 0.3 is 0 Å². The quantitative estimate of drug-likeness (QED) is 0.444. The van der Waals surface area contributed by atoms with E-state index in [2.05, 4.69) is 48.2 Å². The van der Waals surface area contributed by atoms with E-state index < -0.39 is 0 Å². The van der Waals surface area contributed by atoms with Crippen molar-refractivity contribution in [2.24, 2.45) is 4.99 Å². The molecule has 4 heteroatoms. The minimum absolute atomic E-state index is 0.182. The number of likely N-dealkylation sites (tertiary alicyclic amines) is 1. The molecule has 0 aromatic heterocycles. The van der Waals surface area contributed by atoms with Gasteiger partial charge in [0.05, 0.1) is 6.54 Å². The first kappa shape index (κ1) is 14.3. The standard InChI is InChI=1S/C13H28N4/c1-5-14-12(17-10-6-7-11-17)15-8-9-16-13(2,3)4/h16H,5-11H2,1-4H3,(H,14,15). The van der Waals surface area contributed by atoms with E-state index in [1.807, 2.05) is 0 Å². The molecule has 1 saturated heterocycles. The maximum absolute atomic E-state index is 4.67. The van der Waals surface area contributed by atoms with E-state index in [1.165, 1.54) is 12.8 Å². The summed E-state index contributed by atoms with van der Waals surface area (Å²) in [7, 11) is 0. The molecule has 1 rings (SSSR count). The first-order valence-electron chi connectivity index (χ1n) is 6.81. The molecule has 0 bridgehead atoms. The zero-order valence-corrected chi connectivity index (χ0v) is 11.8. The Hall–Kier alpha value is -0.770. The number of hydrogen-bond acceptors (Lipinski definition) is 2. The number of nitrogens with one attached hydrogen (secondary N) is 2. The van der Waals surface area contributed by atoms with Crippen LogP contribution >= 0.6 is 0 Å². The molecule has 1 fully saturated rings. The normalized spacial score (nSPS) is 17.6. The fourth-order valence-corrected chi connectivity index (χ4v) is 1.95. The molecule has 1 aliphatic rings. The molecule has 1 heterocycles. The van der Waals surface area contributed by atoms with E-state index >= 15 is 0 Å². The third-order valence-corrected chi connectivity index (χ3v) is 2.77. The van der Waals surface area contributed by atoms with Gasteiger partial charge in [-0.25, -0.2) is 0 Å². The number of nitrogens with zero attached hydrogens (tertiary/aromatic N) is 2. The Morgan fingerprint density at radius 1 is 1.24 bits per heavy atom. The van der Waals surface area contributed by atoms with Gasteiger partial charge in [0.15, 0.2) is 5.96 Å². The lowest BCUT2D eigenvalue weighted by Crippen LogP contribution is -2.41. The molecule has 0 amide bonds. The summed E-state index contributed by atoms with van der Waals surface area (Å²) >= 11 is 0. The molecular formula is C13H28N4. The average molecular weight is 240 g/mol. The number of rotatable bonds is 4. The summed E-state index contributed by atoms with van der Waals surface area (Å²) in [6.07, 6.45) is 2.59. The third-order valence-electron chi connectivity index (χ3n) is 2.77. The molecule has 17 heavy (non-hydrogen) atoms. The molecule has 0 radical (unpaired) electrons. The van der Waals surface area contributed by atoms with E-state index in [4.69, 9.17) is 0 Å². The van der Waals surface area contributed by atoms with Crippen molar-refractivity contribution in [3.8, 4) is 0 Å². The second kappa shape index (κ2) is 6.84. The summed E-state index contributed by atoms with van der Waals surface area (Å²) in [6, 6.07) is 0. The van der Waals surface area contributed by atoms with Crippen LogP contribution in [0.15, 0.2) is 4.99 Å². The molecule has 0 saturated carbocycles. The fraction of sp³-hybridized carbons (Fsp3) is 0.923. The van der Waals surface area contributed by atoms with Crippen LogP contribution in [-0.4, -0.2) is 49.1 Å². The summed E-state index contributed by atoms with van der Waals surface area (Å²) in [4.78, 5) is 7.03. The van der Waals surface area contributed by atoms with Crippen LogP contribution in [0.3, 0.4) is 0 Å². The van der Waals surface area contributed by atoms with Crippen LogP contribution in [-0.2, 0) is 0 Å². The topological polar surface area (TPSA) is 39.7 Å². The Bertz CT molecular complexity index is 236. The Morgan fingerprint density at radius 2 is 1.88 bits per heavy atom. The molecule has 1 aliphatic heterocycles. The fourth-order valence-electron chi connectivity index (χ4n) is 1.95. The summed E-state index contributed by atoms with van der Waals surface area (Å²) < 4.78 is 0. The van der Waals surface area contributed by atoms with Crippen molar-refractivity contribution in [1.29, 1.82) is 0 Å². The Morgan fingerprint density at radius 3 is 2.41 bits per heavy atom. The molecule has 2 N–H and O–H groups in total. The maximum Gasteiger partial charge on any atom is 0.193 e. The van der Waals surface area contributed by atoms with Gasteiger partial charge < -0.3 is 15.5 Å². The van der Waals surface area contributed by atoms with Gasteiger partial charge in [0.1, 0.15) is 0 Å². The summed E-state index contributed by atoms with van der Waals surface area (Å²) in [5.74, 6) is 1.08. The summed E-state index contributed by atoms with van der Waals surface area (Å²) in [5, 5.41) is 6.83. The van der Waals surface area contributed by atoms with Crippen LogP contribution in [0.5, 0.6) is 0 Å². The summed E-state index contributed by atoms with van der Waals surface area (Å²) in [6.45, 7) is 13.7. The minimum Gasteiger partial charge on any atom is -0.357 e. The van der Waals surface area contributed by atoms with Crippen LogP contribution in [0, 0.1) is 0 Å². The minimum atomic E-state index is 0.182. The first-order chi connectivity index (χ1) is 8.03. The van der Waals surface area contributed by atoms with Crippen LogP contribution < -0.4 is 10.6 Å². The number of hydrogen-bond donors (Lipinski definition) is 2. The highest BCUT2D eigenvalue weighted by molar-refractivity contribution is 5.80. The maximum atomic E-state index is 4.67. The number of aliphatic imine (C=N–C) groups is 1. The zero-order valence-electron chi connectivity index (χ0n) is 11.8. The van der Waals surface area contributed by atoms with Gasteiger partial charge in [0.25, 0.3) is 0 Å². The van der Waals surface area contributed by atoms with Crippen LogP contribution in [0.4, 0.5) is 0 Å². The zero-order chi connectivity index (χ0) is 12.7. The van der Waals surface area contributed by atoms with Crippen LogP contribution in [0.2, 0.25) is 0 Å². The monoisotopic (exact) mass is 240 g/mol. The lowest BCUT2D eigenvalue weighted by molar-refractivity contribution is 0.430. The molecule has 0 aromatic carbocycles. The lowest BCUT2D eigenvalue weighted by Gasteiger charge is -2.22. The average Bonchev–Trinajstić information content (AvgIpc) is 2.74. The van der Waals surface area contributed by atoms with Gasteiger partial charge in [-0.3, -0.25) is 4.99 Å². The largest absolute Gasteiger partial charge is 0.357 e. The Labute approximate surface area is 106 Å². The van der Waals surface area contributed by atoms with Crippen molar-refractivity contribution in [3.05, 3.63) is 0 Å². The molecule has 0 aliphatic carbocycles. The molecule has 0 atom stereocenters. The summed E-state index contributed by atoms with van der Waals surface area (Å²) in [5.41, 5.74) is 0.182. The van der Waals surface area contributed by atoms with Gasteiger partial charge in [-0.1, -0.05) is 0 Å². The second-order valence-corrected chi connectivity index (χ2v) is 5.61. The highest BCUT2D eigenvalue weighted by atomic mass is 15.3. The third kappa shape index (κ3) is 5.91. The van der Waals surface area contributed by atoms with Crippen molar-refractivity contribution in [3.63, 3.8) is 0 Å². The van der Waals surface area contributed by atoms with Crippen molar-refractivity contribution < 1.29 is 0 Å². The molecule has 100 valence electrons. The van der Waals surface area contributed by atoms with E-state index in [-0.39, 0.29) is 5.54 Å². The molecule has 0 aromatic rings. The smallest absolute Gasteiger partial charge is 0.193 e. The highest BCUT2D eigenvalue weighted by Gasteiger charge is 2.15. The first-order valence-corrected chi connectivity index (χ1v) is 6.81. The Kier molecular flexibility index (Phi) is 5.75. The SMILES string of the molecule is CCNC(=NCCNC(C)(C)C)N1CCCC1. The molecular weight excluding hydrogens is 212 g/mol. The van der Waals surface area contributed by atoms with Gasteiger partial charge in [0.2, 0.25) is 0 Å². The lowest BCUT2D eigenvalue weighted by atomic mass is 10.1. The van der Waals surface area contributed by atoms with Crippen molar-refractivity contribution in [2.45, 2.75) is 46.1 Å². The predicted molar refractivity (Wildman–Crippen MR) is 74.5 cm³/mol. The second-order valence-electron chi connectivity index (χ2n) is 5.61.